The Morgan fingerprint density at radius 2 is 1.89 bits per heavy atom. The number of ether oxygens (including phenoxy) is 1. The summed E-state index contributed by atoms with van der Waals surface area (Å²) >= 11 is 6.20. The number of hydrogen-bond donors (Lipinski definition) is 1. The average Bonchev–Trinajstić information content (AvgIpc) is 2.67. The van der Waals surface area contributed by atoms with Gasteiger partial charge >= 0.3 is 0 Å². The Balaban J connectivity index is 1.81. The zero-order chi connectivity index (χ0) is 19.2. The zero-order valence-electron chi connectivity index (χ0n) is 15.7. The molecule has 0 aliphatic rings. The van der Waals surface area contributed by atoms with Crippen LogP contribution in [0, 0.1) is 0 Å². The van der Waals surface area contributed by atoms with Gasteiger partial charge in [-0.1, -0.05) is 41.9 Å². The molecule has 3 aromatic rings. The summed E-state index contributed by atoms with van der Waals surface area (Å²) < 4.78 is 5.19. The van der Waals surface area contributed by atoms with Crippen LogP contribution in [0.15, 0.2) is 60.8 Å². The Hall–Kier alpha value is -2.79. The van der Waals surface area contributed by atoms with E-state index in [1.54, 1.807) is 13.3 Å². The number of anilines is 3. The Kier molecular flexibility index (Phi) is 6.14. The molecule has 0 amide bonds. The molecule has 1 N–H and O–H groups in total. The van der Waals surface area contributed by atoms with Crippen molar-refractivity contribution in [2.75, 3.05) is 17.3 Å². The summed E-state index contributed by atoms with van der Waals surface area (Å²) in [5.74, 6) is 2.03. The van der Waals surface area contributed by atoms with Crippen LogP contribution in [-0.4, -0.2) is 23.1 Å². The van der Waals surface area contributed by atoms with E-state index in [0.717, 1.165) is 12.2 Å². The quantitative estimate of drug-likeness (QED) is 0.601. The number of nitrogens with one attached hydrogen (secondary N) is 1. The first-order valence-corrected chi connectivity index (χ1v) is 9.19. The van der Waals surface area contributed by atoms with E-state index >= 15 is 0 Å². The van der Waals surface area contributed by atoms with Crippen molar-refractivity contribution >= 4 is 29.1 Å². The first-order chi connectivity index (χ1) is 13.1. The van der Waals surface area contributed by atoms with Crippen LogP contribution in [0.25, 0.3) is 0 Å². The predicted octanol–water partition coefficient (Wildman–Crippen LogP) is 5.30. The Morgan fingerprint density at radius 3 is 2.56 bits per heavy atom. The Labute approximate surface area is 165 Å². The van der Waals surface area contributed by atoms with E-state index < -0.39 is 0 Å². The molecule has 1 heterocycles. The van der Waals surface area contributed by atoms with Crippen molar-refractivity contribution < 1.29 is 4.74 Å². The predicted molar refractivity (Wildman–Crippen MR) is 111 cm³/mol. The number of methoxy groups -OCH3 is 1. The third-order valence-corrected chi connectivity index (χ3v) is 4.44. The molecule has 27 heavy (non-hydrogen) atoms. The standard InChI is InChI=1S/C21H23ClN4O/c1-15(2)26(14-16-7-5-4-6-8-16)21-23-12-11-20(25-21)24-17-9-10-19(27-3)18(22)13-17/h4-13,15H,14H2,1-3H3,(H,23,24,25). The van der Waals surface area contributed by atoms with Crippen LogP contribution in [0.1, 0.15) is 19.4 Å². The third kappa shape index (κ3) is 4.89. The van der Waals surface area contributed by atoms with Gasteiger partial charge in [-0.3, -0.25) is 0 Å². The SMILES string of the molecule is COc1ccc(Nc2ccnc(N(Cc3ccccc3)C(C)C)n2)cc1Cl. The van der Waals surface area contributed by atoms with Gasteiger partial charge < -0.3 is 15.0 Å². The molecule has 0 aliphatic heterocycles. The molecule has 1 aromatic heterocycles. The highest BCUT2D eigenvalue weighted by Crippen LogP contribution is 2.28. The van der Waals surface area contributed by atoms with Crippen LogP contribution in [0.5, 0.6) is 5.75 Å². The highest BCUT2D eigenvalue weighted by molar-refractivity contribution is 6.32. The van der Waals surface area contributed by atoms with Crippen molar-refractivity contribution in [2.45, 2.75) is 26.4 Å². The van der Waals surface area contributed by atoms with Gasteiger partial charge in [0.15, 0.2) is 0 Å². The molecule has 5 nitrogen and oxygen atoms in total. The minimum Gasteiger partial charge on any atom is -0.495 e. The monoisotopic (exact) mass is 382 g/mol. The number of nitrogens with zero attached hydrogens (tertiary/aromatic N) is 3. The van der Waals surface area contributed by atoms with Gasteiger partial charge in [-0.2, -0.15) is 4.98 Å². The van der Waals surface area contributed by atoms with Crippen molar-refractivity contribution in [3.8, 4) is 5.75 Å². The number of benzene rings is 2. The molecule has 6 heteroatoms. The lowest BCUT2D eigenvalue weighted by atomic mass is 10.2. The fourth-order valence-electron chi connectivity index (χ4n) is 2.71. The molecule has 3 rings (SSSR count). The molecule has 0 atom stereocenters. The average molecular weight is 383 g/mol. The van der Waals surface area contributed by atoms with Crippen LogP contribution in [-0.2, 0) is 6.54 Å². The Morgan fingerprint density at radius 1 is 1.11 bits per heavy atom. The van der Waals surface area contributed by atoms with Crippen LogP contribution in [0.2, 0.25) is 5.02 Å². The van der Waals surface area contributed by atoms with E-state index in [2.05, 4.69) is 46.2 Å². The van der Waals surface area contributed by atoms with Gasteiger partial charge in [-0.25, -0.2) is 4.98 Å². The lowest BCUT2D eigenvalue weighted by Crippen LogP contribution is -2.31. The fourth-order valence-corrected chi connectivity index (χ4v) is 2.97. The molecule has 140 valence electrons. The molecule has 2 aromatic carbocycles. The molecule has 0 spiro atoms. The third-order valence-electron chi connectivity index (χ3n) is 4.14. The highest BCUT2D eigenvalue weighted by Gasteiger charge is 2.15. The van der Waals surface area contributed by atoms with Gasteiger partial charge in [0.1, 0.15) is 11.6 Å². The smallest absolute Gasteiger partial charge is 0.227 e. The van der Waals surface area contributed by atoms with E-state index in [9.17, 15) is 0 Å². The molecule has 0 saturated carbocycles. The summed E-state index contributed by atoms with van der Waals surface area (Å²) in [6.07, 6.45) is 1.76. The largest absolute Gasteiger partial charge is 0.495 e. The molecule has 0 saturated heterocycles. The van der Waals surface area contributed by atoms with Gasteiger partial charge in [0.25, 0.3) is 0 Å². The minimum atomic E-state index is 0.260. The van der Waals surface area contributed by atoms with Crippen molar-refractivity contribution in [1.82, 2.24) is 9.97 Å². The van der Waals surface area contributed by atoms with Gasteiger partial charge in [0.2, 0.25) is 5.95 Å². The lowest BCUT2D eigenvalue weighted by molar-refractivity contribution is 0.415. The Bertz CT molecular complexity index is 886. The van der Waals surface area contributed by atoms with Crippen molar-refractivity contribution in [3.63, 3.8) is 0 Å². The molecule has 0 bridgehead atoms. The summed E-state index contributed by atoms with van der Waals surface area (Å²) in [7, 11) is 1.60. The van der Waals surface area contributed by atoms with E-state index in [1.807, 2.05) is 42.5 Å². The van der Waals surface area contributed by atoms with E-state index in [4.69, 9.17) is 16.3 Å². The second kappa shape index (κ2) is 8.73. The lowest BCUT2D eigenvalue weighted by Gasteiger charge is -2.27. The summed E-state index contributed by atoms with van der Waals surface area (Å²) in [5.41, 5.74) is 2.06. The van der Waals surface area contributed by atoms with Crippen LogP contribution in [0.3, 0.4) is 0 Å². The highest BCUT2D eigenvalue weighted by atomic mass is 35.5. The maximum atomic E-state index is 6.20. The number of halogens is 1. The summed E-state index contributed by atoms with van der Waals surface area (Å²) in [5, 5.41) is 3.82. The van der Waals surface area contributed by atoms with E-state index in [-0.39, 0.29) is 6.04 Å². The second-order valence-corrected chi connectivity index (χ2v) is 6.83. The summed E-state index contributed by atoms with van der Waals surface area (Å²) in [6, 6.07) is 17.9. The van der Waals surface area contributed by atoms with E-state index in [0.29, 0.717) is 22.5 Å². The fraction of sp³-hybridized carbons (Fsp3) is 0.238. The summed E-state index contributed by atoms with van der Waals surface area (Å²) in [4.78, 5) is 11.3. The van der Waals surface area contributed by atoms with Gasteiger partial charge in [0, 0.05) is 24.5 Å². The zero-order valence-corrected chi connectivity index (χ0v) is 16.4. The van der Waals surface area contributed by atoms with Crippen LogP contribution < -0.4 is 15.0 Å². The van der Waals surface area contributed by atoms with Crippen LogP contribution >= 0.6 is 11.6 Å². The molecular formula is C21H23ClN4O. The van der Waals surface area contributed by atoms with Crippen molar-refractivity contribution in [1.29, 1.82) is 0 Å². The number of hydrogen-bond acceptors (Lipinski definition) is 5. The molecule has 0 aliphatic carbocycles. The minimum absolute atomic E-state index is 0.260. The summed E-state index contributed by atoms with van der Waals surface area (Å²) in [6.45, 7) is 5.02. The first-order valence-electron chi connectivity index (χ1n) is 8.81. The van der Waals surface area contributed by atoms with Gasteiger partial charge in [-0.05, 0) is 43.7 Å². The maximum absolute atomic E-state index is 6.20. The van der Waals surface area contributed by atoms with Gasteiger partial charge in [0.05, 0.1) is 12.1 Å². The molecular weight excluding hydrogens is 360 g/mol. The van der Waals surface area contributed by atoms with Gasteiger partial charge in [-0.15, -0.1) is 0 Å². The first kappa shape index (κ1) is 19.0. The maximum Gasteiger partial charge on any atom is 0.227 e. The second-order valence-electron chi connectivity index (χ2n) is 6.42. The number of rotatable bonds is 7. The number of aromatic nitrogens is 2. The molecule has 0 unspecified atom stereocenters. The normalized spacial score (nSPS) is 10.7. The molecule has 0 fully saturated rings. The van der Waals surface area contributed by atoms with E-state index in [1.165, 1.54) is 5.56 Å². The molecule has 0 radical (unpaired) electrons. The topological polar surface area (TPSA) is 50.3 Å². The van der Waals surface area contributed by atoms with Crippen molar-refractivity contribution in [2.24, 2.45) is 0 Å². The van der Waals surface area contributed by atoms with Crippen LogP contribution in [0.4, 0.5) is 17.5 Å². The van der Waals surface area contributed by atoms with Crippen molar-refractivity contribution in [3.05, 3.63) is 71.4 Å².